The molecule has 10 heteroatoms. The minimum atomic E-state index is -0.898. The predicted molar refractivity (Wildman–Crippen MR) is 132 cm³/mol. The van der Waals surface area contributed by atoms with E-state index in [-0.39, 0.29) is 35.9 Å². The Balaban J connectivity index is 1.70. The van der Waals surface area contributed by atoms with Crippen LogP contribution < -0.4 is 16.2 Å². The van der Waals surface area contributed by atoms with Crippen LogP contribution in [0.3, 0.4) is 0 Å². The number of ketones is 1. The zero-order valence-corrected chi connectivity index (χ0v) is 19.8. The molecule has 4 N–H and O–H groups in total. The summed E-state index contributed by atoms with van der Waals surface area (Å²) in [6.45, 7) is 3.85. The van der Waals surface area contributed by atoms with E-state index in [1.165, 1.54) is 24.4 Å². The van der Waals surface area contributed by atoms with Gasteiger partial charge < -0.3 is 16.2 Å². The maximum absolute atomic E-state index is 15.1. The molecule has 8 nitrogen and oxygen atoms in total. The lowest BCUT2D eigenvalue weighted by Crippen LogP contribution is -2.12. The highest BCUT2D eigenvalue weighted by Gasteiger charge is 2.22. The molecule has 0 spiro atoms. The van der Waals surface area contributed by atoms with Gasteiger partial charge in [0.2, 0.25) is 0 Å². The molecular weight excluding hydrogens is 466 g/mol. The monoisotopic (exact) mass is 490 g/mol. The van der Waals surface area contributed by atoms with Crippen LogP contribution in [0, 0.1) is 18.6 Å². The first kappa shape index (κ1) is 24.6. The molecule has 0 amide bonds. The maximum atomic E-state index is 15.1. The van der Waals surface area contributed by atoms with E-state index in [1.807, 2.05) is 6.92 Å². The van der Waals surface area contributed by atoms with Gasteiger partial charge in [-0.3, -0.25) is 9.78 Å². The van der Waals surface area contributed by atoms with Gasteiger partial charge in [0.15, 0.2) is 17.3 Å². The van der Waals surface area contributed by atoms with Gasteiger partial charge in [-0.05, 0) is 49.2 Å². The number of pyridine rings is 2. The Labute approximate surface area is 206 Å². The molecule has 0 saturated heterocycles. The Bertz CT molecular complexity index is 1420. The summed E-state index contributed by atoms with van der Waals surface area (Å²) in [4.78, 5) is 30.1. The molecule has 0 saturated carbocycles. The Morgan fingerprint density at radius 1 is 1.03 bits per heavy atom. The third-order valence-electron chi connectivity index (χ3n) is 5.35. The van der Waals surface area contributed by atoms with E-state index in [2.05, 4.69) is 19.9 Å². The lowest BCUT2D eigenvalue weighted by molar-refractivity contribution is 0.0989. The number of benzene rings is 1. The first-order valence-corrected chi connectivity index (χ1v) is 11.2. The van der Waals surface area contributed by atoms with Crippen LogP contribution in [0.25, 0.3) is 22.5 Å². The van der Waals surface area contributed by atoms with Crippen LogP contribution in [-0.4, -0.2) is 32.3 Å². The molecule has 0 aliphatic carbocycles. The number of nitrogens with two attached hydrogens (primary N) is 2. The second-order valence-corrected chi connectivity index (χ2v) is 8.08. The summed E-state index contributed by atoms with van der Waals surface area (Å²) >= 11 is 0. The van der Waals surface area contributed by atoms with Crippen molar-refractivity contribution in [2.75, 3.05) is 18.1 Å². The van der Waals surface area contributed by atoms with E-state index in [9.17, 15) is 9.18 Å². The summed E-state index contributed by atoms with van der Waals surface area (Å²) in [6, 6.07) is 8.39. The van der Waals surface area contributed by atoms with Gasteiger partial charge in [0, 0.05) is 30.4 Å². The normalized spacial score (nSPS) is 10.9. The number of aromatic nitrogens is 4. The van der Waals surface area contributed by atoms with Crippen LogP contribution >= 0.6 is 0 Å². The molecule has 4 rings (SSSR count). The fourth-order valence-electron chi connectivity index (χ4n) is 3.73. The summed E-state index contributed by atoms with van der Waals surface area (Å²) < 4.78 is 35.1. The number of carbonyl (C=O) groups is 1. The minimum absolute atomic E-state index is 0.0740. The fourth-order valence-corrected chi connectivity index (χ4v) is 3.73. The van der Waals surface area contributed by atoms with Crippen molar-refractivity contribution in [2.45, 2.75) is 26.7 Å². The zero-order chi connectivity index (χ0) is 25.8. The number of halogens is 2. The van der Waals surface area contributed by atoms with Crippen molar-refractivity contribution >= 4 is 17.3 Å². The molecule has 3 aromatic heterocycles. The number of aryl methyl sites for hydroxylation is 1. The lowest BCUT2D eigenvalue weighted by atomic mass is 9.99. The number of hydrogen-bond donors (Lipinski definition) is 2. The van der Waals surface area contributed by atoms with E-state index in [0.29, 0.717) is 34.9 Å². The lowest BCUT2D eigenvalue weighted by Gasteiger charge is -2.13. The molecular formula is C26H24F2N6O2. The Morgan fingerprint density at radius 2 is 1.83 bits per heavy atom. The van der Waals surface area contributed by atoms with Crippen LogP contribution in [0.4, 0.5) is 20.3 Å². The maximum Gasteiger partial charge on any atom is 0.187 e. The number of carbonyl (C=O) groups excluding carboxylic acids is 1. The van der Waals surface area contributed by atoms with Gasteiger partial charge in [0.25, 0.3) is 0 Å². The molecule has 3 heterocycles. The molecule has 0 aliphatic heterocycles. The topological polar surface area (TPSA) is 130 Å². The fraction of sp³-hybridized carbons (Fsp3) is 0.192. The van der Waals surface area contributed by atoms with Gasteiger partial charge in [0.1, 0.15) is 23.2 Å². The molecule has 1 aromatic carbocycles. The highest BCUT2D eigenvalue weighted by atomic mass is 19.1. The van der Waals surface area contributed by atoms with Crippen LogP contribution in [0.1, 0.15) is 35.2 Å². The summed E-state index contributed by atoms with van der Waals surface area (Å²) in [6.07, 6.45) is 3.64. The Kier molecular flexibility index (Phi) is 7.14. The number of hydrogen-bond acceptors (Lipinski definition) is 8. The summed E-state index contributed by atoms with van der Waals surface area (Å²) in [5.41, 5.74) is 13.1. The molecule has 36 heavy (non-hydrogen) atoms. The van der Waals surface area contributed by atoms with Crippen molar-refractivity contribution in [1.29, 1.82) is 0 Å². The first-order valence-electron chi connectivity index (χ1n) is 11.2. The van der Waals surface area contributed by atoms with Gasteiger partial charge in [-0.2, -0.15) is 0 Å². The highest BCUT2D eigenvalue weighted by Crippen LogP contribution is 2.32. The van der Waals surface area contributed by atoms with E-state index in [4.69, 9.17) is 16.2 Å². The van der Waals surface area contributed by atoms with E-state index < -0.39 is 23.0 Å². The second kappa shape index (κ2) is 10.4. The number of ether oxygens (including phenoxy) is 1. The highest BCUT2D eigenvalue weighted by molar-refractivity contribution is 6.01. The third-order valence-corrected chi connectivity index (χ3v) is 5.35. The molecule has 0 radical (unpaired) electrons. The van der Waals surface area contributed by atoms with Crippen molar-refractivity contribution in [1.82, 2.24) is 19.9 Å². The van der Waals surface area contributed by atoms with Crippen LogP contribution in [0.5, 0.6) is 5.75 Å². The quantitative estimate of drug-likeness (QED) is 0.344. The van der Waals surface area contributed by atoms with Crippen LogP contribution in [-0.2, 0) is 6.42 Å². The number of nitrogen functional groups attached to an aromatic ring is 2. The molecule has 0 unspecified atom stereocenters. The Morgan fingerprint density at radius 3 is 2.58 bits per heavy atom. The molecule has 0 bridgehead atoms. The predicted octanol–water partition coefficient (Wildman–Crippen LogP) is 4.57. The molecule has 4 aromatic rings. The van der Waals surface area contributed by atoms with Gasteiger partial charge in [-0.1, -0.05) is 6.92 Å². The number of rotatable bonds is 8. The van der Waals surface area contributed by atoms with Crippen molar-refractivity contribution in [3.8, 4) is 28.3 Å². The average molecular weight is 491 g/mol. The number of Topliss-reactive ketones (excluding diaryl/α,β-unsaturated/α-hetero) is 1. The first-order chi connectivity index (χ1) is 17.3. The van der Waals surface area contributed by atoms with E-state index >= 15 is 4.39 Å². The average Bonchev–Trinajstić information content (AvgIpc) is 2.84. The Hall–Kier alpha value is -4.47. The number of anilines is 2. The van der Waals surface area contributed by atoms with Crippen molar-refractivity contribution in [3.05, 3.63) is 77.5 Å². The van der Waals surface area contributed by atoms with Crippen molar-refractivity contribution in [2.24, 2.45) is 0 Å². The van der Waals surface area contributed by atoms with Crippen LogP contribution in [0.2, 0.25) is 0 Å². The van der Waals surface area contributed by atoms with E-state index in [1.54, 1.807) is 25.3 Å². The number of nitrogens with zero attached hydrogens (tertiary/aromatic N) is 4. The molecule has 184 valence electrons. The van der Waals surface area contributed by atoms with Crippen molar-refractivity contribution in [3.63, 3.8) is 0 Å². The van der Waals surface area contributed by atoms with Gasteiger partial charge in [0.05, 0.1) is 29.2 Å². The summed E-state index contributed by atoms with van der Waals surface area (Å²) in [5, 5.41) is 0. The van der Waals surface area contributed by atoms with Gasteiger partial charge >= 0.3 is 0 Å². The third kappa shape index (κ3) is 5.12. The van der Waals surface area contributed by atoms with E-state index in [0.717, 1.165) is 6.07 Å². The van der Waals surface area contributed by atoms with Gasteiger partial charge in [-0.25, -0.2) is 23.7 Å². The smallest absolute Gasteiger partial charge is 0.187 e. The molecule has 0 atom stereocenters. The standard InChI is InChI=1S/C26H24F2N6O2/c1-3-10-36-22-7-4-17(27)24(25(22)28)19-6-5-18(29)26(34-19)21(35)11-15-13-31-9-8-16(15)20-12-23(30)33-14(2)32-20/h4-9,12-13H,3,10-11,29H2,1-2H3,(H2,30,32,33). The molecule has 0 aliphatic rings. The summed E-state index contributed by atoms with van der Waals surface area (Å²) in [7, 11) is 0. The largest absolute Gasteiger partial charge is 0.491 e. The SMILES string of the molecule is CCCOc1ccc(F)c(-c2ccc(N)c(C(=O)Cc3cnccc3-c3cc(N)nc(C)n3)n2)c1F. The zero-order valence-electron chi connectivity index (χ0n) is 19.8. The summed E-state index contributed by atoms with van der Waals surface area (Å²) in [5.74, 6) is -1.52. The minimum Gasteiger partial charge on any atom is -0.491 e. The second-order valence-electron chi connectivity index (χ2n) is 8.08. The van der Waals surface area contributed by atoms with Gasteiger partial charge in [-0.15, -0.1) is 0 Å². The van der Waals surface area contributed by atoms with Crippen LogP contribution in [0.15, 0.2) is 48.8 Å². The van der Waals surface area contributed by atoms with Crippen molar-refractivity contribution < 1.29 is 18.3 Å². The molecule has 0 fully saturated rings.